The molecule has 0 saturated carbocycles. The van der Waals surface area contributed by atoms with Gasteiger partial charge >= 0.3 is 0 Å². The second-order valence-electron chi connectivity index (χ2n) is 6.12. The minimum absolute atomic E-state index is 0.137. The van der Waals surface area contributed by atoms with Crippen molar-refractivity contribution in [3.63, 3.8) is 0 Å². The summed E-state index contributed by atoms with van der Waals surface area (Å²) in [7, 11) is 0. The molecule has 0 spiro atoms. The van der Waals surface area contributed by atoms with Crippen LogP contribution in [0.4, 0.5) is 11.4 Å². The Bertz CT molecular complexity index is 1260. The Labute approximate surface area is 144 Å². The summed E-state index contributed by atoms with van der Waals surface area (Å²) in [5.74, 6) is 0. The topological polar surface area (TPSA) is 78.9 Å². The van der Waals surface area contributed by atoms with E-state index in [4.69, 9.17) is 5.73 Å². The third kappa shape index (κ3) is 2.26. The van der Waals surface area contributed by atoms with E-state index in [1.807, 2.05) is 49.4 Å². The summed E-state index contributed by atoms with van der Waals surface area (Å²) in [5, 5.41) is 16.5. The number of nitrogens with two attached hydrogens (primary N) is 1. The lowest BCUT2D eigenvalue weighted by molar-refractivity contribution is 1.44. The number of nitrogens with one attached hydrogen (secondary N) is 1. The van der Waals surface area contributed by atoms with Crippen LogP contribution in [0.2, 0.25) is 0 Å². The maximum atomic E-state index is 12.9. The highest BCUT2D eigenvalue weighted by Crippen LogP contribution is 2.24. The van der Waals surface area contributed by atoms with Crippen molar-refractivity contribution in [2.24, 2.45) is 0 Å². The fraction of sp³-hybridized carbons (Fsp3) is 0.0476. The van der Waals surface area contributed by atoms with E-state index in [2.05, 4.69) is 11.4 Å². The van der Waals surface area contributed by atoms with Crippen molar-refractivity contribution >= 4 is 38.6 Å². The molecule has 0 saturated heterocycles. The van der Waals surface area contributed by atoms with Crippen LogP contribution >= 0.6 is 0 Å². The van der Waals surface area contributed by atoms with Gasteiger partial charge in [0.2, 0.25) is 0 Å². The molecule has 25 heavy (non-hydrogen) atoms. The molecule has 4 heteroatoms. The standard InChI is InChI=1S/C21H15N3O/c1-12-8-9-16(23)17(10-12)24-18(11-22)20-14-6-2-4-13-5-3-7-15(19(13)14)21(20)25/h2-10,24H,23H2,1H3/b20-18-. The van der Waals surface area contributed by atoms with E-state index in [-0.39, 0.29) is 11.1 Å². The molecule has 3 N–H and O–H groups in total. The number of rotatable bonds is 2. The van der Waals surface area contributed by atoms with Gasteiger partial charge in [0.25, 0.3) is 0 Å². The Kier molecular flexibility index (Phi) is 3.29. The number of aryl methyl sites for hydroxylation is 1. The van der Waals surface area contributed by atoms with Gasteiger partial charge in [-0.25, -0.2) is 0 Å². The maximum absolute atomic E-state index is 12.9. The molecule has 4 aromatic rings. The first-order valence-electron chi connectivity index (χ1n) is 7.94. The molecular weight excluding hydrogens is 310 g/mol. The fourth-order valence-electron chi connectivity index (χ4n) is 3.30. The lowest BCUT2D eigenvalue weighted by Gasteiger charge is -2.08. The Morgan fingerprint density at radius 2 is 1.80 bits per heavy atom. The number of nitrogens with zero attached hydrogens (tertiary/aromatic N) is 1. The van der Waals surface area contributed by atoms with Crippen molar-refractivity contribution in [2.75, 3.05) is 11.1 Å². The van der Waals surface area contributed by atoms with E-state index in [1.54, 1.807) is 12.1 Å². The predicted octanol–water partition coefficient (Wildman–Crippen LogP) is 3.14. The normalized spacial score (nSPS) is 12.3. The molecule has 0 aliphatic carbocycles. The minimum Gasteiger partial charge on any atom is -0.397 e. The van der Waals surface area contributed by atoms with Gasteiger partial charge in [-0.1, -0.05) is 42.5 Å². The van der Waals surface area contributed by atoms with Crippen LogP contribution in [0.3, 0.4) is 0 Å². The zero-order chi connectivity index (χ0) is 17.6. The summed E-state index contributed by atoms with van der Waals surface area (Å²) in [6.45, 7) is 1.95. The van der Waals surface area contributed by atoms with Gasteiger partial charge in [-0.05, 0) is 35.4 Å². The van der Waals surface area contributed by atoms with Gasteiger partial charge in [-0.3, -0.25) is 4.79 Å². The van der Waals surface area contributed by atoms with Gasteiger partial charge in [0.05, 0.1) is 16.6 Å². The zero-order valence-corrected chi connectivity index (χ0v) is 13.6. The quantitative estimate of drug-likeness (QED) is 0.555. The highest BCUT2D eigenvalue weighted by atomic mass is 16.1. The number of anilines is 2. The second-order valence-corrected chi connectivity index (χ2v) is 6.12. The van der Waals surface area contributed by atoms with Crippen LogP contribution in [0.1, 0.15) is 5.56 Å². The summed E-state index contributed by atoms with van der Waals surface area (Å²) in [5.41, 5.74) is 8.25. The molecule has 0 radical (unpaired) electrons. The van der Waals surface area contributed by atoms with Gasteiger partial charge in [-0.2, -0.15) is 5.26 Å². The Balaban J connectivity index is 2.08. The van der Waals surface area contributed by atoms with E-state index in [1.165, 1.54) is 0 Å². The molecule has 0 bridgehead atoms. The van der Waals surface area contributed by atoms with Crippen LogP contribution in [0.25, 0.3) is 27.2 Å². The number of hydrogen-bond donors (Lipinski definition) is 2. The van der Waals surface area contributed by atoms with Gasteiger partial charge in [-0.15, -0.1) is 0 Å². The predicted molar refractivity (Wildman–Crippen MR) is 102 cm³/mol. The number of hydrogen-bond acceptors (Lipinski definition) is 4. The molecule has 0 aromatic heterocycles. The molecule has 0 aliphatic heterocycles. The summed E-state index contributed by atoms with van der Waals surface area (Å²) in [4.78, 5) is 12.9. The number of nitriles is 1. The van der Waals surface area contributed by atoms with Crippen LogP contribution in [0, 0.1) is 18.3 Å². The average molecular weight is 325 g/mol. The largest absolute Gasteiger partial charge is 0.397 e. The first-order chi connectivity index (χ1) is 12.1. The first kappa shape index (κ1) is 15.0. The SMILES string of the molecule is Cc1ccc(N)c(N/C(C#N)=c2\c(=O)c3cccc4cccc2c43)c1. The van der Waals surface area contributed by atoms with Crippen molar-refractivity contribution in [3.05, 3.63) is 75.6 Å². The molecule has 0 fully saturated rings. The molecular formula is C21H15N3O. The molecule has 4 aromatic carbocycles. The van der Waals surface area contributed by atoms with Crippen LogP contribution in [-0.4, -0.2) is 0 Å². The molecule has 4 nitrogen and oxygen atoms in total. The molecule has 0 heterocycles. The summed E-state index contributed by atoms with van der Waals surface area (Å²) < 4.78 is 0. The van der Waals surface area contributed by atoms with Crippen LogP contribution in [0.15, 0.2) is 59.4 Å². The van der Waals surface area contributed by atoms with E-state index in [0.717, 1.165) is 21.7 Å². The molecule has 0 amide bonds. The summed E-state index contributed by atoms with van der Waals surface area (Å²) in [6.07, 6.45) is 0. The van der Waals surface area contributed by atoms with Crippen molar-refractivity contribution in [1.29, 1.82) is 5.26 Å². The molecule has 0 atom stereocenters. The van der Waals surface area contributed by atoms with E-state index in [9.17, 15) is 10.1 Å². The van der Waals surface area contributed by atoms with Gasteiger partial charge in [0.15, 0.2) is 5.43 Å². The maximum Gasteiger partial charge on any atom is 0.197 e. The van der Waals surface area contributed by atoms with Crippen LogP contribution in [-0.2, 0) is 0 Å². The third-order valence-corrected chi connectivity index (χ3v) is 4.48. The molecule has 4 rings (SSSR count). The Morgan fingerprint density at radius 3 is 2.52 bits per heavy atom. The van der Waals surface area contributed by atoms with E-state index in [0.29, 0.717) is 22.0 Å². The lowest BCUT2D eigenvalue weighted by atomic mass is 10.1. The van der Waals surface area contributed by atoms with E-state index >= 15 is 0 Å². The van der Waals surface area contributed by atoms with Crippen molar-refractivity contribution < 1.29 is 0 Å². The van der Waals surface area contributed by atoms with Crippen molar-refractivity contribution in [1.82, 2.24) is 0 Å². The molecule has 120 valence electrons. The Morgan fingerprint density at radius 1 is 1.08 bits per heavy atom. The highest BCUT2D eigenvalue weighted by Gasteiger charge is 2.14. The molecule has 0 unspecified atom stereocenters. The van der Waals surface area contributed by atoms with Crippen LogP contribution < -0.4 is 21.7 Å². The fourth-order valence-corrected chi connectivity index (χ4v) is 3.30. The monoisotopic (exact) mass is 325 g/mol. The lowest BCUT2D eigenvalue weighted by Crippen LogP contribution is -2.25. The zero-order valence-electron chi connectivity index (χ0n) is 13.6. The van der Waals surface area contributed by atoms with Crippen molar-refractivity contribution in [3.8, 4) is 6.07 Å². The number of nitrogen functional groups attached to an aromatic ring is 1. The second kappa shape index (κ2) is 5.50. The number of benzene rings is 3. The van der Waals surface area contributed by atoms with E-state index < -0.39 is 0 Å². The van der Waals surface area contributed by atoms with Crippen LogP contribution in [0.5, 0.6) is 0 Å². The van der Waals surface area contributed by atoms with Gasteiger partial charge in [0, 0.05) is 10.8 Å². The minimum atomic E-state index is -0.137. The summed E-state index contributed by atoms with van der Waals surface area (Å²) >= 11 is 0. The smallest absolute Gasteiger partial charge is 0.197 e. The first-order valence-corrected chi connectivity index (χ1v) is 7.94. The van der Waals surface area contributed by atoms with Gasteiger partial charge < -0.3 is 11.1 Å². The third-order valence-electron chi connectivity index (χ3n) is 4.48. The highest BCUT2D eigenvalue weighted by molar-refractivity contribution is 6.12. The molecule has 0 aliphatic rings. The Hall–Kier alpha value is -3.58. The van der Waals surface area contributed by atoms with Crippen molar-refractivity contribution in [2.45, 2.75) is 6.92 Å². The van der Waals surface area contributed by atoms with Gasteiger partial charge in [0.1, 0.15) is 11.8 Å². The summed E-state index contributed by atoms with van der Waals surface area (Å²) in [6, 6.07) is 19.1. The average Bonchev–Trinajstić information content (AvgIpc) is 2.90.